The second-order valence-corrected chi connectivity index (χ2v) is 5.03. The average molecular weight is 287 g/mol. The summed E-state index contributed by atoms with van der Waals surface area (Å²) < 4.78 is 5.59. The number of nitrogens with two attached hydrogens (primary N) is 1. The fourth-order valence-corrected chi connectivity index (χ4v) is 1.79. The number of pyridine rings is 1. The van der Waals surface area contributed by atoms with Crippen molar-refractivity contribution >= 4 is 28.7 Å². The highest BCUT2D eigenvalue weighted by atomic mass is 32.1. The van der Waals surface area contributed by atoms with Crippen LogP contribution in [-0.2, 0) is 0 Å². The van der Waals surface area contributed by atoms with Crippen LogP contribution in [0.3, 0.4) is 0 Å². The fraction of sp³-hybridized carbons (Fsp3) is 0.200. The largest absolute Gasteiger partial charge is 0.491 e. The summed E-state index contributed by atoms with van der Waals surface area (Å²) in [5.74, 6) is 1.54. The van der Waals surface area contributed by atoms with E-state index >= 15 is 0 Å². The van der Waals surface area contributed by atoms with Crippen LogP contribution in [0.1, 0.15) is 19.5 Å². The second-order valence-electron chi connectivity index (χ2n) is 4.59. The second kappa shape index (κ2) is 6.34. The lowest BCUT2D eigenvalue weighted by Gasteiger charge is -2.11. The Morgan fingerprint density at radius 1 is 1.20 bits per heavy atom. The molecule has 3 N–H and O–H groups in total. The molecule has 0 atom stereocenters. The molecule has 0 aliphatic heterocycles. The average Bonchev–Trinajstić information content (AvgIpc) is 2.41. The van der Waals surface area contributed by atoms with Crippen LogP contribution in [0, 0.1) is 0 Å². The van der Waals surface area contributed by atoms with Gasteiger partial charge in [-0.05, 0) is 50.2 Å². The van der Waals surface area contributed by atoms with Gasteiger partial charge in [-0.1, -0.05) is 18.3 Å². The number of ether oxygens (including phenoxy) is 1. The van der Waals surface area contributed by atoms with Crippen molar-refractivity contribution in [2.24, 2.45) is 5.73 Å². The first kappa shape index (κ1) is 14.3. The van der Waals surface area contributed by atoms with E-state index in [0.29, 0.717) is 11.5 Å². The molecule has 1 aromatic carbocycles. The number of hydrogen-bond acceptors (Lipinski definition) is 4. The third-order valence-electron chi connectivity index (χ3n) is 2.50. The molecule has 104 valence electrons. The monoisotopic (exact) mass is 287 g/mol. The first-order chi connectivity index (χ1) is 9.54. The summed E-state index contributed by atoms with van der Waals surface area (Å²) in [6.07, 6.45) is 0.165. The van der Waals surface area contributed by atoms with E-state index in [1.807, 2.05) is 50.2 Å². The van der Waals surface area contributed by atoms with E-state index in [4.69, 9.17) is 22.7 Å². The minimum absolute atomic E-state index is 0.165. The normalized spacial score (nSPS) is 10.3. The number of anilines is 2. The zero-order chi connectivity index (χ0) is 14.5. The summed E-state index contributed by atoms with van der Waals surface area (Å²) in [5.41, 5.74) is 7.09. The maximum Gasteiger partial charge on any atom is 0.131 e. The van der Waals surface area contributed by atoms with Gasteiger partial charge in [-0.3, -0.25) is 0 Å². The van der Waals surface area contributed by atoms with Gasteiger partial charge >= 0.3 is 0 Å². The van der Waals surface area contributed by atoms with E-state index in [1.165, 1.54) is 0 Å². The standard InChI is InChI=1S/C15H17N3OS/c1-10(2)19-12-8-6-11(7-9-12)17-14-5-3-4-13(18-14)15(16)20/h3-10H,1-2H3,(H2,16,20)(H,17,18). The van der Waals surface area contributed by atoms with Crippen LogP contribution in [0.25, 0.3) is 0 Å². The smallest absolute Gasteiger partial charge is 0.131 e. The van der Waals surface area contributed by atoms with Crippen molar-refractivity contribution in [3.05, 3.63) is 48.2 Å². The molecule has 0 amide bonds. The van der Waals surface area contributed by atoms with E-state index in [2.05, 4.69) is 10.3 Å². The minimum atomic E-state index is 0.165. The number of thiocarbonyl (C=S) groups is 1. The molecule has 5 heteroatoms. The molecule has 1 heterocycles. The van der Waals surface area contributed by atoms with Crippen LogP contribution in [0.15, 0.2) is 42.5 Å². The van der Waals surface area contributed by atoms with Crippen molar-refractivity contribution in [3.63, 3.8) is 0 Å². The van der Waals surface area contributed by atoms with Crippen molar-refractivity contribution in [1.29, 1.82) is 0 Å². The molecule has 0 saturated carbocycles. The van der Waals surface area contributed by atoms with E-state index in [-0.39, 0.29) is 11.1 Å². The highest BCUT2D eigenvalue weighted by Gasteiger charge is 2.02. The van der Waals surface area contributed by atoms with Crippen molar-refractivity contribution in [2.75, 3.05) is 5.32 Å². The summed E-state index contributed by atoms with van der Waals surface area (Å²) in [7, 11) is 0. The number of nitrogens with one attached hydrogen (secondary N) is 1. The van der Waals surface area contributed by atoms with Gasteiger partial charge in [0.1, 0.15) is 16.6 Å². The van der Waals surface area contributed by atoms with Crippen LogP contribution in [0.4, 0.5) is 11.5 Å². The Bertz CT molecular complexity index is 596. The van der Waals surface area contributed by atoms with Crippen molar-refractivity contribution in [2.45, 2.75) is 20.0 Å². The molecule has 0 saturated heterocycles. The van der Waals surface area contributed by atoms with Gasteiger partial charge in [0.05, 0.1) is 11.8 Å². The van der Waals surface area contributed by atoms with Gasteiger partial charge in [0, 0.05) is 5.69 Å². The quantitative estimate of drug-likeness (QED) is 0.827. The molecule has 2 rings (SSSR count). The summed E-state index contributed by atoms with van der Waals surface area (Å²) in [6, 6.07) is 13.2. The van der Waals surface area contributed by atoms with Gasteiger partial charge in [-0.25, -0.2) is 4.98 Å². The number of rotatable bonds is 5. The Hall–Kier alpha value is -2.14. The zero-order valence-corrected chi connectivity index (χ0v) is 12.3. The fourth-order valence-electron chi connectivity index (χ4n) is 1.68. The molecule has 0 spiro atoms. The van der Waals surface area contributed by atoms with Crippen molar-refractivity contribution < 1.29 is 4.74 Å². The lowest BCUT2D eigenvalue weighted by atomic mass is 10.3. The molecule has 20 heavy (non-hydrogen) atoms. The molecule has 2 aromatic rings. The van der Waals surface area contributed by atoms with Gasteiger partial charge < -0.3 is 15.8 Å². The lowest BCUT2D eigenvalue weighted by molar-refractivity contribution is 0.242. The lowest BCUT2D eigenvalue weighted by Crippen LogP contribution is -2.12. The van der Waals surface area contributed by atoms with E-state index in [9.17, 15) is 0 Å². The maximum absolute atomic E-state index is 5.59. The van der Waals surface area contributed by atoms with Gasteiger partial charge in [-0.2, -0.15) is 0 Å². The van der Waals surface area contributed by atoms with Gasteiger partial charge in [0.2, 0.25) is 0 Å². The molecule has 0 aliphatic rings. The molecule has 0 bridgehead atoms. The van der Waals surface area contributed by atoms with Crippen LogP contribution in [-0.4, -0.2) is 16.1 Å². The van der Waals surface area contributed by atoms with Gasteiger partial charge in [-0.15, -0.1) is 0 Å². The molecule has 1 aromatic heterocycles. The molecule has 0 radical (unpaired) electrons. The summed E-state index contributed by atoms with van der Waals surface area (Å²) in [6.45, 7) is 3.99. The molecule has 4 nitrogen and oxygen atoms in total. The molecule has 0 aliphatic carbocycles. The van der Waals surface area contributed by atoms with Gasteiger partial charge in [0.15, 0.2) is 0 Å². The summed E-state index contributed by atoms with van der Waals surface area (Å²) in [4.78, 5) is 4.62. The van der Waals surface area contributed by atoms with Crippen molar-refractivity contribution in [1.82, 2.24) is 4.98 Å². The molecule has 0 unspecified atom stereocenters. The van der Waals surface area contributed by atoms with Crippen LogP contribution < -0.4 is 15.8 Å². The number of aromatic nitrogens is 1. The first-order valence-corrected chi connectivity index (χ1v) is 6.76. The Balaban J connectivity index is 2.10. The van der Waals surface area contributed by atoms with Crippen LogP contribution >= 0.6 is 12.2 Å². The van der Waals surface area contributed by atoms with E-state index < -0.39 is 0 Å². The topological polar surface area (TPSA) is 60.2 Å². The van der Waals surface area contributed by atoms with E-state index in [1.54, 1.807) is 6.07 Å². The Morgan fingerprint density at radius 2 is 1.90 bits per heavy atom. The zero-order valence-electron chi connectivity index (χ0n) is 11.5. The van der Waals surface area contributed by atoms with Crippen LogP contribution in [0.2, 0.25) is 0 Å². The Kier molecular flexibility index (Phi) is 4.53. The Labute approximate surface area is 124 Å². The third kappa shape index (κ3) is 3.93. The molecular weight excluding hydrogens is 270 g/mol. The summed E-state index contributed by atoms with van der Waals surface area (Å²) >= 11 is 4.91. The van der Waals surface area contributed by atoms with Crippen molar-refractivity contribution in [3.8, 4) is 5.75 Å². The number of nitrogens with zero attached hydrogens (tertiary/aromatic N) is 1. The summed E-state index contributed by atoms with van der Waals surface area (Å²) in [5, 5.41) is 3.20. The predicted octanol–water partition coefficient (Wildman–Crippen LogP) is 3.25. The highest BCUT2D eigenvalue weighted by Crippen LogP contribution is 2.19. The predicted molar refractivity (Wildman–Crippen MR) is 85.6 cm³/mol. The number of hydrogen-bond donors (Lipinski definition) is 2. The highest BCUT2D eigenvalue weighted by molar-refractivity contribution is 7.80. The number of benzene rings is 1. The van der Waals surface area contributed by atoms with Crippen LogP contribution in [0.5, 0.6) is 5.75 Å². The van der Waals surface area contributed by atoms with Gasteiger partial charge in [0.25, 0.3) is 0 Å². The Morgan fingerprint density at radius 3 is 2.50 bits per heavy atom. The maximum atomic E-state index is 5.59. The SMILES string of the molecule is CC(C)Oc1ccc(Nc2cccc(C(N)=S)n2)cc1. The molecule has 0 fully saturated rings. The van der Waals surface area contributed by atoms with E-state index in [0.717, 1.165) is 11.4 Å². The minimum Gasteiger partial charge on any atom is -0.491 e. The first-order valence-electron chi connectivity index (χ1n) is 6.35. The molecular formula is C15H17N3OS. The third-order valence-corrected chi connectivity index (χ3v) is 2.71.